The van der Waals surface area contributed by atoms with E-state index in [1.807, 2.05) is 0 Å². The minimum Gasteiger partial charge on any atom is -0.778 e. The second kappa shape index (κ2) is 13.9. The number of hydrogen-bond acceptors (Lipinski definition) is 16. The van der Waals surface area contributed by atoms with Crippen LogP contribution in [0.15, 0.2) is 12.7 Å². The predicted octanol–water partition coefficient (Wildman–Crippen LogP) is -0.0853. The first kappa shape index (κ1) is 33.7. The summed E-state index contributed by atoms with van der Waals surface area (Å²) in [7, 11) is -5.73. The lowest BCUT2D eigenvalue weighted by Gasteiger charge is -2.19. The summed E-state index contributed by atoms with van der Waals surface area (Å²) in [5.74, 6) is 0.301. The fraction of sp³-hybridized carbons (Fsp3) is 0.524. The molecule has 2 aliphatic heterocycles. The van der Waals surface area contributed by atoms with E-state index in [2.05, 4.69) is 29.9 Å². The second-order valence-corrected chi connectivity index (χ2v) is 13.3. The third kappa shape index (κ3) is 8.30. The Morgan fingerprint density at radius 3 is 2.09 bits per heavy atom. The van der Waals surface area contributed by atoms with Crippen LogP contribution in [0.3, 0.4) is 0 Å². The van der Waals surface area contributed by atoms with Crippen molar-refractivity contribution < 1.29 is 37.9 Å². The van der Waals surface area contributed by atoms with Gasteiger partial charge in [-0.1, -0.05) is 16.2 Å². The summed E-state index contributed by atoms with van der Waals surface area (Å²) >= 11 is 5.98. The average molecular weight is 678 g/mol. The number of fused-ring (bicyclic) bond motifs is 2. The maximum absolute atomic E-state index is 11.2. The number of halogens is 1. The van der Waals surface area contributed by atoms with Crippen LogP contribution in [0.5, 0.6) is 0 Å². The summed E-state index contributed by atoms with van der Waals surface area (Å²) in [4.78, 5) is 43.8. The Morgan fingerprint density at radius 2 is 1.50 bits per heavy atom. The topological polar surface area (TPSA) is 316 Å². The normalized spacial score (nSPS) is 23.2. The zero-order chi connectivity index (χ0) is 30.9. The van der Waals surface area contributed by atoms with Gasteiger partial charge in [0, 0.05) is 0 Å². The number of nitrogens with two attached hydrogens (primary N) is 3. The van der Waals surface area contributed by atoms with E-state index in [4.69, 9.17) is 52.6 Å². The van der Waals surface area contributed by atoms with Crippen molar-refractivity contribution >= 4 is 67.0 Å². The molecule has 0 aromatic carbocycles. The van der Waals surface area contributed by atoms with Crippen molar-refractivity contribution in [1.82, 2.24) is 45.2 Å². The van der Waals surface area contributed by atoms with Gasteiger partial charge >= 0.3 is 7.80 Å². The fourth-order valence-corrected chi connectivity index (χ4v) is 5.81. The van der Waals surface area contributed by atoms with Crippen molar-refractivity contribution in [1.29, 1.82) is 0 Å². The second-order valence-electron chi connectivity index (χ2n) is 9.65. The number of hydrogen-bond donors (Lipinski definition) is 5. The Balaban J connectivity index is 0.000000197. The van der Waals surface area contributed by atoms with Gasteiger partial charge in [0.25, 0.3) is 0 Å². The van der Waals surface area contributed by atoms with Crippen LogP contribution in [-0.4, -0.2) is 101 Å². The summed E-state index contributed by atoms with van der Waals surface area (Å²) < 4.78 is 47.2. The third-order valence-corrected chi connectivity index (χ3v) is 7.99. The third-order valence-electron chi connectivity index (χ3n) is 6.16. The SMILES string of the molecule is C[P+](=O)CC1OCC(Cn2cnc3c(Cl)nc(N)nc32)O1.Nc1nc(N)c2ncn(CC3COC(CP(=O)([O-])O)O3)c2n1.[NH4+]. The molecule has 23 heteroatoms. The van der Waals surface area contributed by atoms with Crippen LogP contribution < -0.4 is 28.2 Å². The van der Waals surface area contributed by atoms with E-state index in [0.29, 0.717) is 48.2 Å². The van der Waals surface area contributed by atoms with Crippen molar-refractivity contribution in [2.24, 2.45) is 0 Å². The quantitative estimate of drug-likeness (QED) is 0.120. The van der Waals surface area contributed by atoms with Crippen molar-refractivity contribution in [3.63, 3.8) is 0 Å². The zero-order valence-electron chi connectivity index (χ0n) is 23.6. The molecule has 0 spiro atoms. The van der Waals surface area contributed by atoms with Gasteiger partial charge in [-0.2, -0.15) is 19.9 Å². The van der Waals surface area contributed by atoms with Gasteiger partial charge < -0.3 is 65.8 Å². The molecule has 4 aromatic rings. The van der Waals surface area contributed by atoms with Crippen LogP contribution in [0.4, 0.5) is 17.7 Å². The van der Waals surface area contributed by atoms with Crippen LogP contribution >= 0.6 is 27.0 Å². The van der Waals surface area contributed by atoms with Crippen molar-refractivity contribution in [3.8, 4) is 0 Å². The van der Waals surface area contributed by atoms with Crippen molar-refractivity contribution in [3.05, 3.63) is 17.8 Å². The largest absolute Gasteiger partial charge is 0.778 e. The summed E-state index contributed by atoms with van der Waals surface area (Å²) in [6, 6.07) is 0. The molecule has 44 heavy (non-hydrogen) atoms. The molecule has 11 N–H and O–H groups in total. The van der Waals surface area contributed by atoms with Gasteiger partial charge in [-0.05, 0) is 0 Å². The Morgan fingerprint density at radius 1 is 0.977 bits per heavy atom. The smallest absolute Gasteiger partial charge is 0.340 e. The number of rotatable bonds is 8. The standard InChI is InChI=1S/C11H14ClN5O3P.C10H15N6O5P.H3N/c1-21(18)4-7-19-3-6(20-7)2-17-5-14-8-9(12)15-11(13)16-10(8)17;11-8-7-9(15-10(12)14-8)16(4-13-7)1-5-2-20-6(21-5)3-22(17,18)19;/h5-7H,2-4H2,1H3,(H2,13,15,16);4-6H,1-3H2,(H2,17,18,19)(H4,11,12,14,15);1H3/q+1;;. The number of nitrogen functional groups attached to an aromatic ring is 3. The van der Waals surface area contributed by atoms with Crippen LogP contribution in [0.1, 0.15) is 0 Å². The molecule has 2 fully saturated rings. The minimum absolute atomic E-state index is 0. The molecular formula is C21H32ClN12O8P2+. The molecule has 4 aromatic heterocycles. The molecule has 2 saturated heterocycles. The number of anilines is 3. The Hall–Kier alpha value is -3.16. The Bertz CT molecular complexity index is 1690. The molecule has 240 valence electrons. The Kier molecular flexibility index (Phi) is 10.6. The lowest BCUT2D eigenvalue weighted by molar-refractivity contribution is -0.197. The van der Waals surface area contributed by atoms with Gasteiger partial charge in [0.1, 0.15) is 37.5 Å². The van der Waals surface area contributed by atoms with Gasteiger partial charge in [-0.25, -0.2) is 9.97 Å². The molecular weight excluding hydrogens is 646 g/mol. The molecule has 6 atom stereocenters. The van der Waals surface area contributed by atoms with Crippen LogP contribution in [0, 0.1) is 0 Å². The first-order valence-corrected chi connectivity index (χ1v) is 16.7. The van der Waals surface area contributed by atoms with E-state index in [1.165, 1.54) is 6.33 Å². The van der Waals surface area contributed by atoms with Crippen molar-refractivity contribution in [2.75, 3.05) is 49.4 Å². The molecule has 6 unspecified atom stereocenters. The lowest BCUT2D eigenvalue weighted by Crippen LogP contribution is -2.22. The first-order chi connectivity index (χ1) is 20.3. The Labute approximate surface area is 255 Å². The number of nitrogens with zero attached hydrogens (tertiary/aromatic N) is 8. The highest BCUT2D eigenvalue weighted by Crippen LogP contribution is 2.33. The molecule has 0 aliphatic carbocycles. The molecule has 20 nitrogen and oxygen atoms in total. The summed E-state index contributed by atoms with van der Waals surface area (Å²) in [5, 5.41) is 0.223. The van der Waals surface area contributed by atoms with Crippen LogP contribution in [-0.2, 0) is 41.2 Å². The molecule has 2 aliphatic rings. The van der Waals surface area contributed by atoms with Crippen LogP contribution in [0.2, 0.25) is 5.15 Å². The summed E-state index contributed by atoms with van der Waals surface area (Å²) in [5.41, 5.74) is 18.8. The molecule has 0 bridgehead atoms. The van der Waals surface area contributed by atoms with E-state index in [-0.39, 0.29) is 41.7 Å². The molecule has 0 saturated carbocycles. The maximum atomic E-state index is 11.2. The van der Waals surface area contributed by atoms with E-state index >= 15 is 0 Å². The fourth-order valence-electron chi connectivity index (χ4n) is 4.41. The van der Waals surface area contributed by atoms with Gasteiger partial charge in [0.2, 0.25) is 18.2 Å². The number of aromatic nitrogens is 8. The number of ether oxygens (including phenoxy) is 4. The van der Waals surface area contributed by atoms with Crippen molar-refractivity contribution in [2.45, 2.75) is 37.9 Å². The zero-order valence-corrected chi connectivity index (χ0v) is 26.1. The molecule has 0 radical (unpaired) electrons. The highest BCUT2D eigenvalue weighted by molar-refractivity contribution is 7.50. The lowest BCUT2D eigenvalue weighted by atomic mass is 10.4. The van der Waals surface area contributed by atoms with Gasteiger partial charge in [-0.15, -0.1) is 0 Å². The van der Waals surface area contributed by atoms with E-state index in [1.54, 1.807) is 22.1 Å². The highest BCUT2D eigenvalue weighted by atomic mass is 35.5. The first-order valence-electron chi connectivity index (χ1n) is 12.7. The molecule has 0 amide bonds. The maximum Gasteiger partial charge on any atom is 0.340 e. The number of imidazole rings is 2. The van der Waals surface area contributed by atoms with E-state index < -0.39 is 40.2 Å². The summed E-state index contributed by atoms with van der Waals surface area (Å²) in [6.07, 6.45) is 0.967. The average Bonchev–Trinajstić information content (AvgIpc) is 3.68. The van der Waals surface area contributed by atoms with Gasteiger partial charge in [0.05, 0.1) is 45.1 Å². The monoisotopic (exact) mass is 677 g/mol. The molecule has 6 heterocycles. The predicted molar refractivity (Wildman–Crippen MR) is 157 cm³/mol. The molecule has 6 rings (SSSR count). The van der Waals surface area contributed by atoms with Gasteiger partial charge in [0.15, 0.2) is 34.7 Å². The number of quaternary nitrogens is 1. The van der Waals surface area contributed by atoms with E-state index in [9.17, 15) is 14.0 Å². The van der Waals surface area contributed by atoms with Crippen LogP contribution in [0.25, 0.3) is 22.3 Å². The minimum atomic E-state index is -4.44. The highest BCUT2D eigenvalue weighted by Gasteiger charge is 2.32. The van der Waals surface area contributed by atoms with Gasteiger partial charge in [-0.3, -0.25) is 0 Å². The van der Waals surface area contributed by atoms with E-state index in [0.717, 1.165) is 0 Å². The summed E-state index contributed by atoms with van der Waals surface area (Å²) in [6.45, 7) is 3.08.